The molecule has 0 aromatic rings. The third kappa shape index (κ3) is 9.32. The van der Waals surface area contributed by atoms with Crippen molar-refractivity contribution in [3.8, 4) is 0 Å². The summed E-state index contributed by atoms with van der Waals surface area (Å²) in [5.74, 6) is 0. The largest absolute Gasteiger partial charge is 0.303 e. The monoisotopic (exact) mass is 296 g/mol. The number of hydrogen-bond acceptors (Lipinski definition) is 1. The molecule has 0 saturated heterocycles. The van der Waals surface area contributed by atoms with Crippen molar-refractivity contribution >= 4 is 6.29 Å². The van der Waals surface area contributed by atoms with Gasteiger partial charge >= 0.3 is 0 Å². The molecule has 0 fully saturated rings. The number of hydrogen-bond donors (Lipinski definition) is 0. The molecule has 0 amide bonds. The highest BCUT2D eigenvalue weighted by molar-refractivity contribution is 5.59. The van der Waals surface area contributed by atoms with Gasteiger partial charge in [-0.3, -0.25) is 0 Å². The predicted molar refractivity (Wildman–Crippen MR) is 94.7 cm³/mol. The van der Waals surface area contributed by atoms with Crippen molar-refractivity contribution in [3.63, 3.8) is 0 Å². The Morgan fingerprint density at radius 1 is 0.667 bits per heavy atom. The van der Waals surface area contributed by atoms with E-state index in [4.69, 9.17) is 0 Å². The van der Waals surface area contributed by atoms with E-state index in [-0.39, 0.29) is 10.8 Å². The fourth-order valence-electron chi connectivity index (χ4n) is 2.71. The van der Waals surface area contributed by atoms with Crippen molar-refractivity contribution in [2.75, 3.05) is 0 Å². The fraction of sp³-hybridized carbons (Fsp3) is 0.950. The van der Waals surface area contributed by atoms with Crippen LogP contribution in [-0.4, -0.2) is 6.29 Å². The lowest BCUT2D eigenvalue weighted by Crippen LogP contribution is -2.33. The van der Waals surface area contributed by atoms with Crippen molar-refractivity contribution in [2.24, 2.45) is 10.8 Å². The highest BCUT2D eigenvalue weighted by Gasteiger charge is 2.35. The van der Waals surface area contributed by atoms with Crippen LogP contribution in [0, 0.1) is 10.8 Å². The van der Waals surface area contributed by atoms with Gasteiger partial charge in [0.1, 0.15) is 6.29 Å². The Bertz CT molecular complexity index is 253. The van der Waals surface area contributed by atoms with Crippen LogP contribution in [-0.2, 0) is 4.79 Å². The van der Waals surface area contributed by atoms with Gasteiger partial charge in [-0.25, -0.2) is 0 Å². The first-order valence-corrected chi connectivity index (χ1v) is 9.34. The Hall–Kier alpha value is -0.330. The fourth-order valence-corrected chi connectivity index (χ4v) is 2.71. The molecule has 0 aliphatic rings. The third-order valence-electron chi connectivity index (χ3n) is 5.44. The second-order valence-corrected chi connectivity index (χ2v) is 8.01. The average Bonchev–Trinajstić information content (AvgIpc) is 2.44. The summed E-state index contributed by atoms with van der Waals surface area (Å²) in [6.07, 6.45) is 17.5. The first kappa shape index (κ1) is 20.7. The maximum atomic E-state index is 11.2. The number of carbonyl (C=O) groups is 1. The molecule has 0 heterocycles. The molecule has 1 heteroatoms. The van der Waals surface area contributed by atoms with Gasteiger partial charge in [0, 0.05) is 5.41 Å². The first-order valence-electron chi connectivity index (χ1n) is 9.34. The number of rotatable bonds is 14. The Morgan fingerprint density at radius 2 is 1.05 bits per heavy atom. The third-order valence-corrected chi connectivity index (χ3v) is 5.44. The molecular formula is C20H40O. The van der Waals surface area contributed by atoms with E-state index in [0.29, 0.717) is 0 Å². The van der Waals surface area contributed by atoms with Crippen LogP contribution in [0.2, 0.25) is 0 Å². The van der Waals surface area contributed by atoms with Gasteiger partial charge in [0.05, 0.1) is 0 Å². The molecule has 21 heavy (non-hydrogen) atoms. The molecule has 0 radical (unpaired) electrons. The zero-order valence-electron chi connectivity index (χ0n) is 15.5. The molecule has 1 nitrogen and oxygen atoms in total. The molecule has 0 atom stereocenters. The lowest BCUT2D eigenvalue weighted by atomic mass is 9.66. The second kappa shape index (κ2) is 11.3. The van der Waals surface area contributed by atoms with Crippen LogP contribution in [0.15, 0.2) is 0 Å². The average molecular weight is 297 g/mol. The van der Waals surface area contributed by atoms with E-state index in [1.807, 2.05) is 0 Å². The molecule has 0 unspecified atom stereocenters. The molecule has 126 valence electrons. The van der Waals surface area contributed by atoms with Crippen molar-refractivity contribution < 1.29 is 4.79 Å². The smallest absolute Gasteiger partial charge is 0.126 e. The van der Waals surface area contributed by atoms with Gasteiger partial charge in [-0.05, 0) is 11.8 Å². The van der Waals surface area contributed by atoms with Crippen molar-refractivity contribution in [2.45, 2.75) is 112 Å². The molecule has 0 bridgehead atoms. The van der Waals surface area contributed by atoms with E-state index < -0.39 is 0 Å². The lowest BCUT2D eigenvalue weighted by molar-refractivity contribution is -0.120. The van der Waals surface area contributed by atoms with Crippen LogP contribution in [0.4, 0.5) is 0 Å². The summed E-state index contributed by atoms with van der Waals surface area (Å²) in [6.45, 7) is 10.9. The molecular weight excluding hydrogens is 256 g/mol. The molecule has 0 spiro atoms. The Labute approximate surface area is 134 Å². The van der Waals surface area contributed by atoms with Crippen molar-refractivity contribution in [1.82, 2.24) is 0 Å². The van der Waals surface area contributed by atoms with Crippen molar-refractivity contribution in [3.05, 3.63) is 0 Å². The molecule has 0 aromatic carbocycles. The van der Waals surface area contributed by atoms with E-state index in [1.54, 1.807) is 0 Å². The predicted octanol–water partition coefficient (Wildman–Crippen LogP) is 6.94. The van der Waals surface area contributed by atoms with E-state index in [9.17, 15) is 4.79 Å². The van der Waals surface area contributed by atoms with Crippen LogP contribution in [0.3, 0.4) is 0 Å². The van der Waals surface area contributed by atoms with Gasteiger partial charge in [0.2, 0.25) is 0 Å². The summed E-state index contributed by atoms with van der Waals surface area (Å²) < 4.78 is 0. The number of aldehydes is 1. The minimum absolute atomic E-state index is 0.119. The van der Waals surface area contributed by atoms with Gasteiger partial charge in [-0.2, -0.15) is 0 Å². The van der Waals surface area contributed by atoms with Gasteiger partial charge in [0.25, 0.3) is 0 Å². The summed E-state index contributed by atoms with van der Waals surface area (Å²) >= 11 is 0. The van der Waals surface area contributed by atoms with Gasteiger partial charge in [-0.15, -0.1) is 0 Å². The van der Waals surface area contributed by atoms with Gasteiger partial charge in [0.15, 0.2) is 0 Å². The normalized spacial score (nSPS) is 12.6. The zero-order valence-corrected chi connectivity index (χ0v) is 15.5. The van der Waals surface area contributed by atoms with Crippen LogP contribution >= 0.6 is 0 Å². The number of unbranched alkanes of at least 4 members (excludes halogenated alkanes) is 10. The lowest BCUT2D eigenvalue weighted by Gasteiger charge is -2.37. The van der Waals surface area contributed by atoms with Crippen LogP contribution < -0.4 is 0 Å². The van der Waals surface area contributed by atoms with Gasteiger partial charge in [-0.1, -0.05) is 105 Å². The van der Waals surface area contributed by atoms with Crippen molar-refractivity contribution in [1.29, 1.82) is 0 Å². The highest BCUT2D eigenvalue weighted by Crippen LogP contribution is 2.40. The topological polar surface area (TPSA) is 17.1 Å². The van der Waals surface area contributed by atoms with E-state index in [2.05, 4.69) is 34.6 Å². The molecule has 0 rings (SSSR count). The van der Waals surface area contributed by atoms with E-state index in [0.717, 1.165) is 12.7 Å². The maximum absolute atomic E-state index is 11.2. The zero-order chi connectivity index (χ0) is 16.2. The standard InChI is InChI=1S/C20H40O/c1-6-7-8-9-10-11-12-13-14-15-16-17-19(2,3)20(4,5)18-21/h18H,6-17H2,1-5H3. The quantitative estimate of drug-likeness (QED) is 0.251. The summed E-state index contributed by atoms with van der Waals surface area (Å²) in [5.41, 5.74) is -0.0838. The number of carbonyl (C=O) groups excluding carboxylic acids is 1. The van der Waals surface area contributed by atoms with Crippen LogP contribution in [0.25, 0.3) is 0 Å². The van der Waals surface area contributed by atoms with Crippen LogP contribution in [0.1, 0.15) is 112 Å². The minimum atomic E-state index is -0.203. The molecule has 0 aliphatic heterocycles. The first-order chi connectivity index (χ1) is 9.87. The Kier molecular flexibility index (Phi) is 11.1. The SMILES string of the molecule is CCCCCCCCCCCCCC(C)(C)C(C)(C)C=O. The second-order valence-electron chi connectivity index (χ2n) is 8.01. The Balaban J connectivity index is 3.46. The maximum Gasteiger partial charge on any atom is 0.126 e. The summed E-state index contributed by atoms with van der Waals surface area (Å²) in [7, 11) is 0. The minimum Gasteiger partial charge on any atom is -0.303 e. The molecule has 0 saturated carbocycles. The molecule has 0 N–H and O–H groups in total. The Morgan fingerprint density at radius 3 is 1.43 bits per heavy atom. The van der Waals surface area contributed by atoms with E-state index in [1.165, 1.54) is 70.6 Å². The van der Waals surface area contributed by atoms with E-state index >= 15 is 0 Å². The van der Waals surface area contributed by atoms with Crippen LogP contribution in [0.5, 0.6) is 0 Å². The molecule has 0 aliphatic carbocycles. The molecule has 0 aromatic heterocycles. The summed E-state index contributed by atoms with van der Waals surface area (Å²) in [5, 5.41) is 0. The summed E-state index contributed by atoms with van der Waals surface area (Å²) in [6, 6.07) is 0. The summed E-state index contributed by atoms with van der Waals surface area (Å²) in [4.78, 5) is 11.2. The van der Waals surface area contributed by atoms with Gasteiger partial charge < -0.3 is 4.79 Å². The highest BCUT2D eigenvalue weighted by atomic mass is 16.1.